The van der Waals surface area contributed by atoms with Gasteiger partial charge in [0.2, 0.25) is 0 Å². The molecule has 1 aromatic carbocycles. The average molecular weight is 346 g/mol. The second kappa shape index (κ2) is 8.07. The molecule has 0 aliphatic carbocycles. The zero-order chi connectivity index (χ0) is 18.6. The number of rotatable bonds is 7. The van der Waals surface area contributed by atoms with Gasteiger partial charge in [-0.1, -0.05) is 18.2 Å². The van der Waals surface area contributed by atoms with Crippen LogP contribution in [0.15, 0.2) is 24.3 Å². The molecule has 2 rings (SSSR count). The van der Waals surface area contributed by atoms with Crippen molar-refractivity contribution >= 4 is 11.8 Å². The van der Waals surface area contributed by atoms with E-state index in [-0.39, 0.29) is 24.8 Å². The summed E-state index contributed by atoms with van der Waals surface area (Å²) >= 11 is 0. The van der Waals surface area contributed by atoms with Gasteiger partial charge in [-0.2, -0.15) is 0 Å². The Kier molecular flexibility index (Phi) is 6.09. The van der Waals surface area contributed by atoms with E-state index in [0.29, 0.717) is 34.6 Å². The highest BCUT2D eigenvalue weighted by Gasteiger charge is 2.23. The molecule has 0 radical (unpaired) electrons. The molecule has 1 aromatic heterocycles. The quantitative estimate of drug-likeness (QED) is 0.617. The largest absolute Gasteiger partial charge is 0.462 e. The summed E-state index contributed by atoms with van der Waals surface area (Å²) in [5, 5.41) is 0. The summed E-state index contributed by atoms with van der Waals surface area (Å²) in [4.78, 5) is 29.3. The number of halogens is 1. The number of hydrogen-bond acceptors (Lipinski definition) is 4. The van der Waals surface area contributed by atoms with Crippen LogP contribution in [-0.2, 0) is 11.3 Å². The Morgan fingerprint density at radius 2 is 1.92 bits per heavy atom. The van der Waals surface area contributed by atoms with Gasteiger partial charge in [0.15, 0.2) is 5.78 Å². The normalized spacial score (nSPS) is 11.0. The third-order valence-electron chi connectivity index (χ3n) is 4.01. The predicted octanol–water partition coefficient (Wildman–Crippen LogP) is 3.26. The van der Waals surface area contributed by atoms with E-state index in [1.54, 1.807) is 50.9 Å². The molecule has 25 heavy (non-hydrogen) atoms. The van der Waals surface area contributed by atoms with Gasteiger partial charge in [-0.15, -0.1) is 0 Å². The van der Waals surface area contributed by atoms with E-state index in [0.717, 1.165) is 0 Å². The third kappa shape index (κ3) is 4.33. The molecule has 0 unspecified atom stereocenters. The van der Waals surface area contributed by atoms with Gasteiger partial charge in [0.25, 0.3) is 0 Å². The first kappa shape index (κ1) is 18.9. The Balaban J connectivity index is 2.12. The number of H-pyrrole nitrogens is 1. The van der Waals surface area contributed by atoms with Crippen LogP contribution in [0.5, 0.6) is 0 Å². The van der Waals surface area contributed by atoms with Crippen molar-refractivity contribution in [3.8, 4) is 0 Å². The van der Waals surface area contributed by atoms with Crippen molar-refractivity contribution in [1.82, 2.24) is 9.88 Å². The fourth-order valence-electron chi connectivity index (χ4n) is 2.84. The third-order valence-corrected chi connectivity index (χ3v) is 4.01. The first-order chi connectivity index (χ1) is 11.8. The monoisotopic (exact) mass is 346 g/mol. The average Bonchev–Trinajstić information content (AvgIpc) is 2.84. The summed E-state index contributed by atoms with van der Waals surface area (Å²) < 4.78 is 18.8. The Morgan fingerprint density at radius 3 is 2.56 bits per heavy atom. The van der Waals surface area contributed by atoms with Gasteiger partial charge in [-0.05, 0) is 39.4 Å². The number of carbonyl (C=O) groups excluding carboxylic acids is 2. The van der Waals surface area contributed by atoms with E-state index >= 15 is 0 Å². The highest BCUT2D eigenvalue weighted by atomic mass is 19.1. The van der Waals surface area contributed by atoms with Crippen LogP contribution in [0.1, 0.15) is 44.6 Å². The second-order valence-corrected chi connectivity index (χ2v) is 6.03. The van der Waals surface area contributed by atoms with Crippen LogP contribution in [0, 0.1) is 19.7 Å². The maximum absolute atomic E-state index is 13.7. The van der Waals surface area contributed by atoms with Gasteiger partial charge < -0.3 is 9.72 Å². The van der Waals surface area contributed by atoms with Crippen molar-refractivity contribution < 1.29 is 18.7 Å². The van der Waals surface area contributed by atoms with Crippen molar-refractivity contribution in [2.24, 2.45) is 0 Å². The van der Waals surface area contributed by atoms with Crippen LogP contribution in [0.4, 0.5) is 4.39 Å². The molecule has 0 spiro atoms. The lowest BCUT2D eigenvalue weighted by atomic mass is 10.1. The lowest BCUT2D eigenvalue weighted by molar-refractivity contribution is 0.0525. The highest BCUT2D eigenvalue weighted by Crippen LogP contribution is 2.20. The van der Waals surface area contributed by atoms with Crippen LogP contribution in [0.2, 0.25) is 0 Å². The Labute approximate surface area is 146 Å². The van der Waals surface area contributed by atoms with Gasteiger partial charge in [-0.3, -0.25) is 9.69 Å². The summed E-state index contributed by atoms with van der Waals surface area (Å²) in [6.07, 6.45) is 0. The molecule has 0 saturated heterocycles. The molecular formula is C19H23FN2O3. The lowest BCUT2D eigenvalue weighted by Crippen LogP contribution is -2.26. The molecular weight excluding hydrogens is 323 g/mol. The Morgan fingerprint density at radius 1 is 1.24 bits per heavy atom. The number of aromatic nitrogens is 1. The minimum absolute atomic E-state index is 0.109. The number of ketones is 1. The van der Waals surface area contributed by atoms with Crippen molar-refractivity contribution in [2.75, 3.05) is 20.2 Å². The van der Waals surface area contributed by atoms with Gasteiger partial charge in [-0.25, -0.2) is 9.18 Å². The molecule has 0 amide bonds. The SMILES string of the molecule is CCOC(=O)c1c(C)[nH]c(C(=O)CN(C)Cc2ccccc2F)c1C. The van der Waals surface area contributed by atoms with E-state index in [1.165, 1.54) is 6.07 Å². The standard InChI is InChI=1S/C19H23FN2O3/c1-5-25-19(24)17-12(2)18(21-13(17)3)16(23)11-22(4)10-14-8-6-7-9-15(14)20/h6-9,21H,5,10-11H2,1-4H3. The van der Waals surface area contributed by atoms with Crippen molar-refractivity contribution in [3.05, 3.63) is 58.2 Å². The van der Waals surface area contributed by atoms with Crippen LogP contribution in [0.25, 0.3) is 0 Å². The number of aromatic amines is 1. The molecule has 0 bridgehead atoms. The number of nitrogens with one attached hydrogen (secondary N) is 1. The van der Waals surface area contributed by atoms with Gasteiger partial charge in [0, 0.05) is 17.8 Å². The number of likely N-dealkylation sites (N-methyl/N-ethyl adjacent to an activating group) is 1. The van der Waals surface area contributed by atoms with E-state index in [2.05, 4.69) is 4.98 Å². The number of hydrogen-bond donors (Lipinski definition) is 1. The minimum atomic E-state index is -0.437. The van der Waals surface area contributed by atoms with Gasteiger partial charge >= 0.3 is 5.97 Å². The van der Waals surface area contributed by atoms with Crippen LogP contribution in [0.3, 0.4) is 0 Å². The maximum Gasteiger partial charge on any atom is 0.340 e. The molecule has 0 fully saturated rings. The van der Waals surface area contributed by atoms with Crippen molar-refractivity contribution in [3.63, 3.8) is 0 Å². The molecule has 1 heterocycles. The summed E-state index contributed by atoms with van der Waals surface area (Å²) in [6, 6.07) is 6.48. The second-order valence-electron chi connectivity index (χ2n) is 6.03. The molecule has 5 nitrogen and oxygen atoms in total. The number of ether oxygens (including phenoxy) is 1. The molecule has 134 valence electrons. The maximum atomic E-state index is 13.7. The molecule has 6 heteroatoms. The number of carbonyl (C=O) groups is 2. The van der Waals surface area contributed by atoms with Crippen molar-refractivity contribution in [2.45, 2.75) is 27.3 Å². The van der Waals surface area contributed by atoms with E-state index in [4.69, 9.17) is 4.74 Å². The summed E-state index contributed by atoms with van der Waals surface area (Å²) in [7, 11) is 1.75. The molecule has 0 aliphatic heterocycles. The van der Waals surface area contributed by atoms with Crippen LogP contribution in [-0.4, -0.2) is 41.8 Å². The summed E-state index contributed by atoms with van der Waals surface area (Å²) in [5.74, 6) is -0.888. The van der Waals surface area contributed by atoms with E-state index in [9.17, 15) is 14.0 Å². The Bertz CT molecular complexity index is 783. The topological polar surface area (TPSA) is 62.4 Å². The van der Waals surface area contributed by atoms with E-state index in [1.807, 2.05) is 0 Å². The molecule has 0 aliphatic rings. The number of esters is 1. The fraction of sp³-hybridized carbons (Fsp3) is 0.368. The van der Waals surface area contributed by atoms with Crippen molar-refractivity contribution in [1.29, 1.82) is 0 Å². The molecule has 0 atom stereocenters. The lowest BCUT2D eigenvalue weighted by Gasteiger charge is -2.16. The predicted molar refractivity (Wildman–Crippen MR) is 93.3 cm³/mol. The first-order valence-corrected chi connectivity index (χ1v) is 8.16. The Hall–Kier alpha value is -2.47. The fourth-order valence-corrected chi connectivity index (χ4v) is 2.84. The minimum Gasteiger partial charge on any atom is -0.462 e. The number of Topliss-reactive ketones (excluding diaryl/α,β-unsaturated/α-hetero) is 1. The molecule has 0 saturated carbocycles. The van der Waals surface area contributed by atoms with Crippen LogP contribution >= 0.6 is 0 Å². The zero-order valence-electron chi connectivity index (χ0n) is 15.0. The summed E-state index contributed by atoms with van der Waals surface area (Å²) in [6.45, 7) is 5.90. The molecule has 2 aromatic rings. The van der Waals surface area contributed by atoms with Gasteiger partial charge in [0.1, 0.15) is 5.82 Å². The summed E-state index contributed by atoms with van der Waals surface area (Å²) in [5.41, 5.74) is 2.52. The first-order valence-electron chi connectivity index (χ1n) is 8.16. The van der Waals surface area contributed by atoms with Crippen LogP contribution < -0.4 is 0 Å². The molecule has 1 N–H and O–H groups in total. The zero-order valence-corrected chi connectivity index (χ0v) is 15.0. The highest BCUT2D eigenvalue weighted by molar-refractivity contribution is 6.02. The van der Waals surface area contributed by atoms with E-state index < -0.39 is 5.97 Å². The number of nitrogens with zero attached hydrogens (tertiary/aromatic N) is 1. The smallest absolute Gasteiger partial charge is 0.340 e. The number of benzene rings is 1. The van der Waals surface area contributed by atoms with Gasteiger partial charge in [0.05, 0.1) is 24.4 Å². The number of aryl methyl sites for hydroxylation is 1.